The molecule has 0 radical (unpaired) electrons. The number of hydrogen-bond donors (Lipinski definition) is 4. The zero-order valence-corrected chi connectivity index (χ0v) is 18.0. The van der Waals surface area contributed by atoms with Gasteiger partial charge in [0.2, 0.25) is 11.8 Å². The van der Waals surface area contributed by atoms with Crippen LogP contribution < -0.4 is 16.0 Å². The van der Waals surface area contributed by atoms with Crippen molar-refractivity contribution in [1.82, 2.24) is 10.6 Å². The van der Waals surface area contributed by atoms with Crippen LogP contribution >= 0.6 is 0 Å². The molecule has 0 spiro atoms. The first kappa shape index (κ1) is 23.9. The maximum absolute atomic E-state index is 11.8. The van der Waals surface area contributed by atoms with Gasteiger partial charge in [0.15, 0.2) is 0 Å². The van der Waals surface area contributed by atoms with Crippen molar-refractivity contribution in [2.24, 2.45) is 0 Å². The van der Waals surface area contributed by atoms with Crippen LogP contribution in [0.25, 0.3) is 5.73 Å². The standard InChI is InChI=1S/C17H23N4O6.Fm/c1-17(2,3)27-16(26)20-8-12(18)14(23)19-9-13(22)21-11-6-4-10(5-7-11)15(24)25;/h4-7,12,18H,8-9H2,1-3H3,(H,19,23)(H,20,26)(H,21,22)(H,24,25);/q-1;. The fourth-order valence-corrected chi connectivity index (χ4v) is 1.78. The van der Waals surface area contributed by atoms with E-state index in [0.29, 0.717) is 5.69 Å². The molecule has 1 aromatic carbocycles. The molecule has 0 aliphatic rings. The Morgan fingerprint density at radius 2 is 1.68 bits per heavy atom. The molecule has 28 heavy (non-hydrogen) atoms. The molecule has 1 aromatic rings. The van der Waals surface area contributed by atoms with Crippen LogP contribution in [0.1, 0.15) is 31.1 Å². The van der Waals surface area contributed by atoms with Gasteiger partial charge in [-0.1, -0.05) is 0 Å². The molecule has 0 aliphatic heterocycles. The topological polar surface area (TPSA) is 158 Å². The number of carbonyl (C=O) groups is 4. The molecule has 160 valence electrons. The van der Waals surface area contributed by atoms with Gasteiger partial charge in [0.05, 0.1) is 12.1 Å². The normalized spacial score (nSPS) is 11.4. The van der Waals surface area contributed by atoms with Crippen molar-refractivity contribution in [2.75, 3.05) is 18.4 Å². The van der Waals surface area contributed by atoms with E-state index in [1.807, 2.05) is 0 Å². The van der Waals surface area contributed by atoms with E-state index in [1.165, 1.54) is 24.3 Å². The molecule has 0 saturated heterocycles. The van der Waals surface area contributed by atoms with Crippen LogP contribution in [0, 0.1) is 0 Å². The number of carbonyl (C=O) groups excluding carboxylic acids is 3. The summed E-state index contributed by atoms with van der Waals surface area (Å²) in [6, 6.07) is 4.19. The Morgan fingerprint density at radius 1 is 1.11 bits per heavy atom. The van der Waals surface area contributed by atoms with Gasteiger partial charge in [0.1, 0.15) is 5.60 Å². The van der Waals surface area contributed by atoms with Crippen molar-refractivity contribution in [3.63, 3.8) is 0 Å². The molecule has 0 heterocycles. The second-order valence-electron chi connectivity index (χ2n) is 6.58. The van der Waals surface area contributed by atoms with Gasteiger partial charge >= 0.3 is 12.1 Å². The summed E-state index contributed by atoms with van der Waals surface area (Å²) in [5, 5.41) is 15.9. The second kappa shape index (κ2) is 10.1. The average molecular weight is 636 g/mol. The summed E-state index contributed by atoms with van der Waals surface area (Å²) in [6.07, 6.45) is -0.741. The number of rotatable bonds is 7. The third-order valence-electron chi connectivity index (χ3n) is 3.00. The largest absolute Gasteiger partial charge is 0.665 e. The van der Waals surface area contributed by atoms with Crippen molar-refractivity contribution >= 4 is 29.6 Å². The van der Waals surface area contributed by atoms with E-state index in [-0.39, 0.29) is 18.7 Å². The number of carboxylic acids is 1. The Balaban J connectivity index is 0.00000729. The van der Waals surface area contributed by atoms with Crippen LogP contribution in [0.2, 0.25) is 0 Å². The molecule has 3 amide bonds. The van der Waals surface area contributed by atoms with E-state index in [1.54, 1.807) is 20.8 Å². The molecule has 11 heteroatoms. The van der Waals surface area contributed by atoms with Gasteiger partial charge in [-0.25, -0.2) is 9.59 Å². The Bertz CT molecular complexity index is 703. The molecule has 0 aliphatic carbocycles. The minimum atomic E-state index is -1.31. The van der Waals surface area contributed by atoms with Crippen molar-refractivity contribution in [1.29, 1.82) is 0 Å². The summed E-state index contributed by atoms with van der Waals surface area (Å²) in [6.45, 7) is 4.42. The van der Waals surface area contributed by atoms with Gasteiger partial charge in [-0.3, -0.25) is 9.59 Å². The number of carboxylic acid groups (broad SMARTS) is 1. The molecule has 0 aromatic heterocycles. The number of alkyl carbamates (subject to hydrolysis) is 1. The smallest absolute Gasteiger partial charge is 0.407 e. The molecule has 1 unspecified atom stereocenters. The van der Waals surface area contributed by atoms with E-state index >= 15 is 0 Å². The Kier molecular flexibility index (Phi) is 8.62. The third-order valence-corrected chi connectivity index (χ3v) is 3.00. The van der Waals surface area contributed by atoms with Gasteiger partial charge in [-0.2, -0.15) is 0 Å². The van der Waals surface area contributed by atoms with Crippen LogP contribution in [-0.2, 0) is 14.3 Å². The number of anilines is 1. The molecule has 10 nitrogen and oxygen atoms in total. The van der Waals surface area contributed by atoms with Gasteiger partial charge < -0.3 is 31.5 Å². The van der Waals surface area contributed by atoms with Crippen LogP contribution in [0.3, 0.4) is 0 Å². The van der Waals surface area contributed by atoms with Gasteiger partial charge in [-0.15, -0.1) is 0 Å². The van der Waals surface area contributed by atoms with Crippen LogP contribution in [0.4, 0.5) is 10.5 Å². The van der Waals surface area contributed by atoms with Crippen molar-refractivity contribution in [2.45, 2.75) is 32.4 Å². The van der Waals surface area contributed by atoms with Crippen molar-refractivity contribution < 1.29 is 29.0 Å². The summed E-state index contributed by atoms with van der Waals surface area (Å²) < 4.78 is 4.99. The van der Waals surface area contributed by atoms with E-state index in [9.17, 15) is 19.2 Å². The zero-order chi connectivity index (χ0) is 20.6. The maximum atomic E-state index is 11.8. The minimum Gasteiger partial charge on any atom is -0.665 e. The molecule has 1 atom stereocenters. The number of ether oxygens (including phenoxy) is 1. The number of hydrogen-bond acceptors (Lipinski definition) is 5. The summed E-state index contributed by atoms with van der Waals surface area (Å²) in [7, 11) is 0. The molecular weight excluding hydrogens is 613 g/mol. The van der Waals surface area contributed by atoms with E-state index < -0.39 is 35.5 Å². The second-order valence-corrected chi connectivity index (χ2v) is 6.58. The summed E-state index contributed by atoms with van der Waals surface area (Å²) in [5.74, 6) is -2.36. The van der Waals surface area contributed by atoms with Crippen molar-refractivity contribution in [3.8, 4) is 0 Å². The molecule has 1 rings (SSSR count). The van der Waals surface area contributed by atoms with E-state index in [4.69, 9.17) is 15.6 Å². The predicted octanol–water partition coefficient (Wildman–Crippen LogP) is 1.38. The first-order chi connectivity index (χ1) is 12.5. The van der Waals surface area contributed by atoms with Gasteiger partial charge in [-0.05, 0) is 51.1 Å². The molecule has 0 saturated carbocycles. The average Bonchev–Trinajstić information content (AvgIpc) is 2.56. The fourth-order valence-electron chi connectivity index (χ4n) is 1.78. The van der Waals surface area contributed by atoms with Crippen molar-refractivity contribution in [3.05, 3.63) is 35.6 Å². The van der Waals surface area contributed by atoms with Gasteiger partial charge in [0, 0.05) is 12.2 Å². The molecule has 0 bridgehead atoms. The fraction of sp³-hybridized carbons (Fsp3) is 0.412. The Morgan fingerprint density at radius 3 is 2.18 bits per heavy atom. The minimum absolute atomic E-state index is 0. The molecular formula is C17H23FmN4O6-. The third kappa shape index (κ3) is 8.81. The number of amides is 3. The number of benzene rings is 1. The van der Waals surface area contributed by atoms with Crippen LogP contribution in [-0.4, -0.2) is 53.7 Å². The molecule has 0 fully saturated rings. The van der Waals surface area contributed by atoms with Crippen LogP contribution in [0.15, 0.2) is 24.3 Å². The first-order valence-electron chi connectivity index (χ1n) is 8.07. The van der Waals surface area contributed by atoms with E-state index in [0.717, 1.165) is 0 Å². The maximum Gasteiger partial charge on any atom is 0.407 e. The van der Waals surface area contributed by atoms with Crippen LogP contribution in [0.5, 0.6) is 0 Å². The molecule has 5 N–H and O–H groups in total. The SMILES string of the molecule is CC(C)(C)OC(=O)NCC([NH-])C(=O)NCC(=O)Nc1ccc(C(=O)O)cc1.[Fm]. The monoisotopic (exact) mass is 636 g/mol. The Hall–Kier alpha value is -4.14. The first-order valence-corrected chi connectivity index (χ1v) is 8.07. The zero-order valence-electron chi connectivity index (χ0n) is 15.6. The summed E-state index contributed by atoms with van der Waals surface area (Å²) >= 11 is 0. The number of aromatic carboxylic acids is 1. The Labute approximate surface area is 156 Å². The number of nitrogens with one attached hydrogen (secondary N) is 4. The summed E-state index contributed by atoms with van der Waals surface area (Å²) in [4.78, 5) is 45.8. The van der Waals surface area contributed by atoms with Gasteiger partial charge in [0.25, 0.3) is 0 Å². The predicted molar refractivity (Wildman–Crippen MR) is 97.4 cm³/mol. The quantitative estimate of drug-likeness (QED) is 0.355. The van der Waals surface area contributed by atoms with E-state index in [2.05, 4.69) is 16.0 Å². The summed E-state index contributed by atoms with van der Waals surface area (Å²) in [5.41, 5.74) is 7.42.